The highest BCUT2D eigenvalue weighted by Crippen LogP contribution is 2.24. The average Bonchev–Trinajstić information content (AvgIpc) is 1.89. The van der Waals surface area contributed by atoms with Gasteiger partial charge in [-0.25, -0.2) is 0 Å². The summed E-state index contributed by atoms with van der Waals surface area (Å²) in [7, 11) is 0. The zero-order valence-electron chi connectivity index (χ0n) is 5.42. The second kappa shape index (κ2) is 2.97. The molecule has 0 fully saturated rings. The Balaban J connectivity index is 2.68. The molecule has 1 nitrogen and oxygen atoms in total. The molecule has 1 N–H and O–H groups in total. The maximum absolute atomic E-state index is 9.14. The van der Waals surface area contributed by atoms with E-state index in [1.54, 1.807) is 11.8 Å². The quantitative estimate of drug-likeness (QED) is 0.607. The van der Waals surface area contributed by atoms with Crippen molar-refractivity contribution < 1.29 is 5.11 Å². The second-order valence-electron chi connectivity index (χ2n) is 1.94. The van der Waals surface area contributed by atoms with E-state index in [-0.39, 0.29) is 0 Å². The van der Waals surface area contributed by atoms with Crippen LogP contribution in [0, 0.1) is 0 Å². The topological polar surface area (TPSA) is 20.2 Å². The van der Waals surface area contributed by atoms with Crippen molar-refractivity contribution in [3.05, 3.63) is 22.8 Å². The summed E-state index contributed by atoms with van der Waals surface area (Å²) in [4.78, 5) is 1.02. The summed E-state index contributed by atoms with van der Waals surface area (Å²) in [5, 5.41) is 9.14. The van der Waals surface area contributed by atoms with E-state index in [1.807, 2.05) is 12.3 Å². The number of hydrogen-bond donors (Lipinski definition) is 1. The highest BCUT2D eigenvalue weighted by molar-refractivity contribution is 8.02. The zero-order chi connectivity index (χ0) is 6.69. The minimum absolute atomic E-state index is 0.453. The Morgan fingerprint density at radius 2 is 2.11 bits per heavy atom. The Kier molecular flexibility index (Phi) is 2.22. The largest absolute Gasteiger partial charge is 0.507 e. The first-order valence-electron chi connectivity index (χ1n) is 2.98. The van der Waals surface area contributed by atoms with Gasteiger partial charge < -0.3 is 5.11 Å². The molecule has 0 spiro atoms. The van der Waals surface area contributed by atoms with Crippen molar-refractivity contribution in [3.63, 3.8) is 0 Å². The lowest BCUT2D eigenvalue weighted by atomic mass is 10.2. The van der Waals surface area contributed by atoms with Gasteiger partial charge in [0, 0.05) is 4.91 Å². The molecule has 1 aliphatic carbocycles. The number of rotatable bonds is 1. The van der Waals surface area contributed by atoms with Crippen LogP contribution in [0.15, 0.2) is 22.8 Å². The van der Waals surface area contributed by atoms with Gasteiger partial charge in [0.25, 0.3) is 0 Å². The van der Waals surface area contributed by atoms with E-state index < -0.39 is 0 Å². The SMILES string of the molecule is CSC1=CCCC=C1O. The molecule has 1 rings (SSSR count). The molecule has 50 valence electrons. The molecule has 0 aliphatic heterocycles. The van der Waals surface area contributed by atoms with Gasteiger partial charge in [-0.1, -0.05) is 6.08 Å². The van der Waals surface area contributed by atoms with Gasteiger partial charge in [-0.3, -0.25) is 0 Å². The molecule has 0 saturated heterocycles. The molecule has 0 aromatic carbocycles. The second-order valence-corrected chi connectivity index (χ2v) is 2.79. The van der Waals surface area contributed by atoms with Crippen LogP contribution in [0.25, 0.3) is 0 Å². The first-order chi connectivity index (χ1) is 4.34. The maximum Gasteiger partial charge on any atom is 0.124 e. The summed E-state index contributed by atoms with van der Waals surface area (Å²) in [5.74, 6) is 0.453. The van der Waals surface area contributed by atoms with Crippen molar-refractivity contribution >= 4 is 11.8 Å². The van der Waals surface area contributed by atoms with Crippen LogP contribution in [-0.4, -0.2) is 11.4 Å². The van der Waals surface area contributed by atoms with Crippen molar-refractivity contribution in [2.75, 3.05) is 6.26 Å². The van der Waals surface area contributed by atoms with Gasteiger partial charge in [0.05, 0.1) is 0 Å². The van der Waals surface area contributed by atoms with Crippen LogP contribution in [0.4, 0.5) is 0 Å². The van der Waals surface area contributed by atoms with Gasteiger partial charge in [-0.15, -0.1) is 11.8 Å². The lowest BCUT2D eigenvalue weighted by molar-refractivity contribution is 0.424. The van der Waals surface area contributed by atoms with Crippen molar-refractivity contribution in [2.24, 2.45) is 0 Å². The summed E-state index contributed by atoms with van der Waals surface area (Å²) in [5.41, 5.74) is 0. The van der Waals surface area contributed by atoms with Crippen LogP contribution in [0.3, 0.4) is 0 Å². The van der Waals surface area contributed by atoms with E-state index in [1.165, 1.54) is 0 Å². The third-order valence-electron chi connectivity index (χ3n) is 1.31. The molecule has 0 radical (unpaired) electrons. The van der Waals surface area contributed by atoms with Gasteiger partial charge in [0.2, 0.25) is 0 Å². The Labute approximate surface area is 59.5 Å². The van der Waals surface area contributed by atoms with Crippen LogP contribution in [-0.2, 0) is 0 Å². The smallest absolute Gasteiger partial charge is 0.124 e. The molecule has 0 unspecified atom stereocenters. The van der Waals surface area contributed by atoms with E-state index in [0.29, 0.717) is 5.76 Å². The normalized spacial score (nSPS) is 18.8. The van der Waals surface area contributed by atoms with Crippen LogP contribution in [0.1, 0.15) is 12.8 Å². The molecule has 0 amide bonds. The fourth-order valence-corrected chi connectivity index (χ4v) is 1.40. The van der Waals surface area contributed by atoms with Crippen molar-refractivity contribution in [3.8, 4) is 0 Å². The monoisotopic (exact) mass is 142 g/mol. The standard InChI is InChI=1S/C7H10OS/c1-9-7-5-3-2-4-6(7)8/h4-5,8H,2-3H2,1H3. The predicted molar refractivity (Wildman–Crippen MR) is 41.5 cm³/mol. The Bertz CT molecular complexity index is 158. The third kappa shape index (κ3) is 1.52. The molecule has 0 aromatic rings. The summed E-state index contributed by atoms with van der Waals surface area (Å²) in [6.07, 6.45) is 7.96. The first-order valence-corrected chi connectivity index (χ1v) is 4.20. The number of aliphatic hydroxyl groups is 1. The minimum atomic E-state index is 0.453. The highest BCUT2D eigenvalue weighted by Gasteiger charge is 2.03. The maximum atomic E-state index is 9.14. The lowest BCUT2D eigenvalue weighted by Crippen LogP contribution is -1.88. The summed E-state index contributed by atoms with van der Waals surface area (Å²) < 4.78 is 0. The van der Waals surface area contributed by atoms with Crippen molar-refractivity contribution in [1.82, 2.24) is 0 Å². The molecule has 0 aromatic heterocycles. The van der Waals surface area contributed by atoms with E-state index in [9.17, 15) is 0 Å². The predicted octanol–water partition coefficient (Wildman–Crippen LogP) is 2.47. The Hall–Kier alpha value is -0.370. The van der Waals surface area contributed by atoms with E-state index in [4.69, 9.17) is 5.11 Å². The highest BCUT2D eigenvalue weighted by atomic mass is 32.2. The lowest BCUT2D eigenvalue weighted by Gasteiger charge is -2.06. The number of hydrogen-bond acceptors (Lipinski definition) is 2. The van der Waals surface area contributed by atoms with Gasteiger partial charge >= 0.3 is 0 Å². The molecule has 0 heterocycles. The summed E-state index contributed by atoms with van der Waals surface area (Å²) >= 11 is 1.60. The van der Waals surface area contributed by atoms with Crippen molar-refractivity contribution in [1.29, 1.82) is 0 Å². The van der Waals surface area contributed by atoms with E-state index in [2.05, 4.69) is 6.08 Å². The van der Waals surface area contributed by atoms with Gasteiger partial charge in [0.1, 0.15) is 5.76 Å². The van der Waals surface area contributed by atoms with E-state index in [0.717, 1.165) is 17.7 Å². The van der Waals surface area contributed by atoms with Gasteiger partial charge in [-0.2, -0.15) is 0 Å². The molecule has 9 heavy (non-hydrogen) atoms. The van der Waals surface area contributed by atoms with Crippen LogP contribution in [0.5, 0.6) is 0 Å². The molecule has 2 heteroatoms. The van der Waals surface area contributed by atoms with Gasteiger partial charge in [0.15, 0.2) is 0 Å². The summed E-state index contributed by atoms with van der Waals surface area (Å²) in [6, 6.07) is 0. The number of aliphatic hydroxyl groups excluding tert-OH is 1. The Morgan fingerprint density at radius 3 is 2.56 bits per heavy atom. The minimum Gasteiger partial charge on any atom is -0.507 e. The molecular formula is C7H10OS. The van der Waals surface area contributed by atoms with Crippen LogP contribution >= 0.6 is 11.8 Å². The fraction of sp³-hybridized carbons (Fsp3) is 0.429. The summed E-state index contributed by atoms with van der Waals surface area (Å²) in [6.45, 7) is 0. The molecular weight excluding hydrogens is 132 g/mol. The average molecular weight is 142 g/mol. The zero-order valence-corrected chi connectivity index (χ0v) is 6.24. The van der Waals surface area contributed by atoms with Crippen molar-refractivity contribution in [2.45, 2.75) is 12.8 Å². The molecule has 0 bridgehead atoms. The first kappa shape index (κ1) is 6.75. The molecule has 0 atom stereocenters. The fourth-order valence-electron chi connectivity index (χ4n) is 0.828. The molecule has 0 saturated carbocycles. The molecule has 1 aliphatic rings. The number of thioether (sulfide) groups is 1. The van der Waals surface area contributed by atoms with Crippen LogP contribution in [0.2, 0.25) is 0 Å². The van der Waals surface area contributed by atoms with Crippen LogP contribution < -0.4 is 0 Å². The van der Waals surface area contributed by atoms with Gasteiger partial charge in [-0.05, 0) is 25.2 Å². The Morgan fingerprint density at radius 1 is 1.44 bits per heavy atom. The van der Waals surface area contributed by atoms with E-state index >= 15 is 0 Å². The number of allylic oxidation sites excluding steroid dienone is 2. The third-order valence-corrected chi connectivity index (χ3v) is 2.12.